The van der Waals surface area contributed by atoms with Crippen LogP contribution in [0, 0.1) is 5.82 Å². The van der Waals surface area contributed by atoms with Crippen LogP contribution in [-0.4, -0.2) is 10.1 Å². The molecular formula is C7H9FN2O. The Morgan fingerprint density at radius 3 is 2.82 bits per heavy atom. The van der Waals surface area contributed by atoms with Crippen molar-refractivity contribution in [3.05, 3.63) is 23.8 Å². The van der Waals surface area contributed by atoms with Gasteiger partial charge in [0, 0.05) is 6.07 Å². The highest BCUT2D eigenvalue weighted by Crippen LogP contribution is 2.16. The third kappa shape index (κ3) is 1.65. The van der Waals surface area contributed by atoms with Crippen LogP contribution in [0.15, 0.2) is 12.3 Å². The van der Waals surface area contributed by atoms with Crippen molar-refractivity contribution in [3.63, 3.8) is 0 Å². The van der Waals surface area contributed by atoms with Gasteiger partial charge in [0.1, 0.15) is 5.82 Å². The SMILES string of the molecule is CC(O)c1ncc(F)cc1N. The summed E-state index contributed by atoms with van der Waals surface area (Å²) in [7, 11) is 0. The molecule has 1 rings (SSSR count). The lowest BCUT2D eigenvalue weighted by Gasteiger charge is -2.05. The van der Waals surface area contributed by atoms with E-state index >= 15 is 0 Å². The maximum atomic E-state index is 12.4. The number of pyridine rings is 1. The number of nitrogens with two attached hydrogens (primary N) is 1. The van der Waals surface area contributed by atoms with Crippen molar-refractivity contribution < 1.29 is 9.50 Å². The number of hydrogen-bond acceptors (Lipinski definition) is 3. The van der Waals surface area contributed by atoms with E-state index in [1.165, 1.54) is 6.92 Å². The number of nitrogens with zero attached hydrogens (tertiary/aromatic N) is 1. The van der Waals surface area contributed by atoms with Crippen LogP contribution in [-0.2, 0) is 0 Å². The second kappa shape index (κ2) is 2.84. The molecule has 0 aromatic carbocycles. The van der Waals surface area contributed by atoms with Crippen LogP contribution in [0.2, 0.25) is 0 Å². The van der Waals surface area contributed by atoms with E-state index in [1.54, 1.807) is 0 Å². The molecule has 0 spiro atoms. The summed E-state index contributed by atoms with van der Waals surface area (Å²) in [5.41, 5.74) is 5.85. The van der Waals surface area contributed by atoms with Gasteiger partial charge in [0.15, 0.2) is 0 Å². The fraction of sp³-hybridized carbons (Fsp3) is 0.286. The van der Waals surface area contributed by atoms with Gasteiger partial charge < -0.3 is 10.8 Å². The molecular weight excluding hydrogens is 147 g/mol. The highest BCUT2D eigenvalue weighted by atomic mass is 19.1. The summed E-state index contributed by atoms with van der Waals surface area (Å²) in [4.78, 5) is 3.63. The van der Waals surface area contributed by atoms with E-state index in [9.17, 15) is 4.39 Å². The molecule has 1 aromatic rings. The highest BCUT2D eigenvalue weighted by molar-refractivity contribution is 5.43. The minimum absolute atomic E-state index is 0.181. The molecule has 0 amide bonds. The lowest BCUT2D eigenvalue weighted by Crippen LogP contribution is -2.02. The van der Waals surface area contributed by atoms with Crippen molar-refractivity contribution in [1.82, 2.24) is 4.98 Å². The third-order valence-corrected chi connectivity index (χ3v) is 1.31. The molecule has 0 aliphatic carbocycles. The molecule has 0 fully saturated rings. The molecule has 1 atom stereocenters. The molecule has 0 aliphatic heterocycles. The van der Waals surface area contributed by atoms with E-state index in [2.05, 4.69) is 4.98 Å². The third-order valence-electron chi connectivity index (χ3n) is 1.31. The molecule has 3 nitrogen and oxygen atoms in total. The fourth-order valence-corrected chi connectivity index (χ4v) is 0.815. The summed E-state index contributed by atoms with van der Waals surface area (Å²) in [6.07, 6.45) is 0.272. The summed E-state index contributed by atoms with van der Waals surface area (Å²) >= 11 is 0. The molecule has 3 N–H and O–H groups in total. The molecule has 60 valence electrons. The van der Waals surface area contributed by atoms with Gasteiger partial charge in [-0.2, -0.15) is 0 Å². The number of rotatable bonds is 1. The monoisotopic (exact) mass is 156 g/mol. The van der Waals surface area contributed by atoms with E-state index in [4.69, 9.17) is 10.8 Å². The summed E-state index contributed by atoms with van der Waals surface area (Å²) < 4.78 is 12.4. The lowest BCUT2D eigenvalue weighted by atomic mass is 10.2. The molecule has 1 aromatic heterocycles. The Balaban J connectivity index is 3.09. The van der Waals surface area contributed by atoms with Crippen LogP contribution in [0.5, 0.6) is 0 Å². The van der Waals surface area contributed by atoms with Gasteiger partial charge in [0.05, 0.1) is 23.7 Å². The number of anilines is 1. The molecule has 1 heterocycles. The number of aliphatic hydroxyl groups excluding tert-OH is 1. The van der Waals surface area contributed by atoms with E-state index in [0.717, 1.165) is 12.3 Å². The van der Waals surface area contributed by atoms with Gasteiger partial charge >= 0.3 is 0 Å². The number of aromatic nitrogens is 1. The first-order chi connectivity index (χ1) is 5.11. The van der Waals surface area contributed by atoms with Gasteiger partial charge in [-0.05, 0) is 6.92 Å². The van der Waals surface area contributed by atoms with E-state index in [-0.39, 0.29) is 5.69 Å². The molecule has 0 saturated heterocycles. The summed E-state index contributed by atoms with van der Waals surface area (Å²) in [6.45, 7) is 1.52. The Hall–Kier alpha value is -1.16. The maximum Gasteiger partial charge on any atom is 0.143 e. The minimum atomic E-state index is -0.754. The smallest absolute Gasteiger partial charge is 0.143 e. The summed E-state index contributed by atoms with van der Waals surface area (Å²) in [6, 6.07) is 1.13. The number of halogens is 1. The Morgan fingerprint density at radius 1 is 1.73 bits per heavy atom. The normalized spacial score (nSPS) is 13.0. The number of aliphatic hydroxyl groups is 1. The van der Waals surface area contributed by atoms with E-state index in [1.807, 2.05) is 0 Å². The summed E-state index contributed by atoms with van der Waals surface area (Å²) in [5.74, 6) is -0.494. The zero-order valence-corrected chi connectivity index (χ0v) is 6.08. The fourth-order valence-electron chi connectivity index (χ4n) is 0.815. The first kappa shape index (κ1) is 7.94. The van der Waals surface area contributed by atoms with Crippen LogP contribution in [0.1, 0.15) is 18.7 Å². The minimum Gasteiger partial charge on any atom is -0.397 e. The van der Waals surface area contributed by atoms with Crippen molar-refractivity contribution in [2.45, 2.75) is 13.0 Å². The highest BCUT2D eigenvalue weighted by Gasteiger charge is 2.07. The molecule has 0 radical (unpaired) electrons. The van der Waals surface area contributed by atoms with Crippen molar-refractivity contribution >= 4 is 5.69 Å². The van der Waals surface area contributed by atoms with Crippen LogP contribution < -0.4 is 5.73 Å². The molecule has 0 bridgehead atoms. The van der Waals surface area contributed by atoms with Crippen LogP contribution in [0.25, 0.3) is 0 Å². The van der Waals surface area contributed by atoms with Crippen molar-refractivity contribution in [3.8, 4) is 0 Å². The topological polar surface area (TPSA) is 59.1 Å². The predicted molar refractivity (Wildman–Crippen MR) is 39.2 cm³/mol. The van der Waals surface area contributed by atoms with Crippen molar-refractivity contribution in [2.75, 3.05) is 5.73 Å². The first-order valence-electron chi connectivity index (χ1n) is 3.20. The largest absolute Gasteiger partial charge is 0.397 e. The Morgan fingerprint density at radius 2 is 2.36 bits per heavy atom. The van der Waals surface area contributed by atoms with Crippen LogP contribution in [0.3, 0.4) is 0 Å². The van der Waals surface area contributed by atoms with E-state index < -0.39 is 11.9 Å². The molecule has 4 heteroatoms. The molecule has 0 aliphatic rings. The van der Waals surface area contributed by atoms with Gasteiger partial charge in [-0.25, -0.2) is 4.39 Å². The molecule has 0 saturated carbocycles. The molecule has 11 heavy (non-hydrogen) atoms. The summed E-state index contributed by atoms with van der Waals surface area (Å²) in [5, 5.41) is 9.03. The van der Waals surface area contributed by atoms with Crippen LogP contribution in [0.4, 0.5) is 10.1 Å². The van der Waals surface area contributed by atoms with Gasteiger partial charge in [-0.3, -0.25) is 4.98 Å². The average molecular weight is 156 g/mol. The Bertz CT molecular complexity index is 263. The predicted octanol–water partition coefficient (Wildman–Crippen LogP) is 0.856. The Labute approximate surface area is 63.7 Å². The average Bonchev–Trinajstić information content (AvgIpc) is 1.85. The van der Waals surface area contributed by atoms with E-state index in [0.29, 0.717) is 5.69 Å². The lowest BCUT2D eigenvalue weighted by molar-refractivity contribution is 0.195. The first-order valence-corrected chi connectivity index (χ1v) is 3.20. The van der Waals surface area contributed by atoms with Crippen molar-refractivity contribution in [1.29, 1.82) is 0 Å². The Kier molecular flexibility index (Phi) is 2.05. The van der Waals surface area contributed by atoms with Gasteiger partial charge in [0.25, 0.3) is 0 Å². The van der Waals surface area contributed by atoms with Gasteiger partial charge in [-0.15, -0.1) is 0 Å². The van der Waals surface area contributed by atoms with Gasteiger partial charge in [-0.1, -0.05) is 0 Å². The van der Waals surface area contributed by atoms with Crippen LogP contribution >= 0.6 is 0 Å². The standard InChI is InChI=1S/C7H9FN2O/c1-4(11)7-6(9)2-5(8)3-10-7/h2-4,11H,9H2,1H3. The zero-order valence-electron chi connectivity index (χ0n) is 6.08. The second-order valence-electron chi connectivity index (χ2n) is 2.30. The van der Waals surface area contributed by atoms with Gasteiger partial charge in [0.2, 0.25) is 0 Å². The number of nitrogen functional groups attached to an aromatic ring is 1. The molecule has 1 unspecified atom stereocenters. The van der Waals surface area contributed by atoms with Crippen molar-refractivity contribution in [2.24, 2.45) is 0 Å². The maximum absolute atomic E-state index is 12.4. The number of hydrogen-bond donors (Lipinski definition) is 2. The quantitative estimate of drug-likeness (QED) is 0.633. The zero-order chi connectivity index (χ0) is 8.43. The second-order valence-corrected chi connectivity index (χ2v) is 2.30.